The van der Waals surface area contributed by atoms with E-state index in [0.29, 0.717) is 22.7 Å². The highest BCUT2D eigenvalue weighted by Crippen LogP contribution is 2.28. The summed E-state index contributed by atoms with van der Waals surface area (Å²) in [6, 6.07) is 21.4. The number of benzene rings is 2. The molecule has 2 aromatic carbocycles. The first kappa shape index (κ1) is 20.0. The van der Waals surface area contributed by atoms with Crippen LogP contribution >= 0.6 is 11.8 Å². The van der Waals surface area contributed by atoms with Gasteiger partial charge in [0.2, 0.25) is 11.7 Å². The number of nitrogens with one attached hydrogen (secondary N) is 1. The molecule has 152 valence electrons. The fraction of sp³-hybridized carbons (Fsp3) is 0.174. The van der Waals surface area contributed by atoms with Gasteiger partial charge < -0.3 is 9.73 Å². The third kappa shape index (κ3) is 4.46. The number of carbonyl (C=O) groups is 1. The molecule has 0 spiro atoms. The molecule has 4 aromatic rings. The van der Waals surface area contributed by atoms with Gasteiger partial charge in [0.05, 0.1) is 12.0 Å². The Bertz CT molecular complexity index is 1100. The molecule has 1 amide bonds. The zero-order chi connectivity index (χ0) is 20.9. The lowest BCUT2D eigenvalue weighted by atomic mass is 10.0. The van der Waals surface area contributed by atoms with E-state index in [4.69, 9.17) is 4.42 Å². The third-order valence-electron chi connectivity index (χ3n) is 4.58. The van der Waals surface area contributed by atoms with E-state index in [-0.39, 0.29) is 11.7 Å². The normalized spacial score (nSPS) is 11.0. The largest absolute Gasteiger partial charge is 0.461 e. The predicted molar refractivity (Wildman–Crippen MR) is 119 cm³/mol. The average molecular weight is 419 g/mol. The van der Waals surface area contributed by atoms with Gasteiger partial charge in [-0.2, -0.15) is 0 Å². The Balaban J connectivity index is 1.50. The summed E-state index contributed by atoms with van der Waals surface area (Å²) in [5.74, 6) is 1.79. The smallest absolute Gasteiger partial charge is 0.234 e. The molecule has 30 heavy (non-hydrogen) atoms. The standard InChI is InChI=1S/C23H22N4O2S/c1-16(2)17-10-12-18(13-11-17)24-21(28)15-30-23-26-25-22(20-9-6-14-29-20)27(23)19-7-4-3-5-8-19/h3-14,16H,15H2,1-2H3,(H,24,28). The van der Waals surface area contributed by atoms with Crippen molar-refractivity contribution in [2.24, 2.45) is 0 Å². The van der Waals surface area contributed by atoms with Gasteiger partial charge in [0.1, 0.15) is 0 Å². The van der Waals surface area contributed by atoms with Crippen molar-refractivity contribution in [3.8, 4) is 17.3 Å². The Labute approximate surface area is 179 Å². The topological polar surface area (TPSA) is 73.0 Å². The van der Waals surface area contributed by atoms with Gasteiger partial charge >= 0.3 is 0 Å². The van der Waals surface area contributed by atoms with Gasteiger partial charge in [-0.3, -0.25) is 9.36 Å². The van der Waals surface area contributed by atoms with E-state index in [2.05, 4.69) is 29.4 Å². The number of amides is 1. The van der Waals surface area contributed by atoms with Gasteiger partial charge in [-0.05, 0) is 47.9 Å². The molecule has 0 saturated heterocycles. The maximum atomic E-state index is 12.5. The number of anilines is 1. The summed E-state index contributed by atoms with van der Waals surface area (Å²) >= 11 is 1.33. The maximum Gasteiger partial charge on any atom is 0.234 e. The van der Waals surface area contributed by atoms with Crippen LogP contribution in [-0.4, -0.2) is 26.4 Å². The Morgan fingerprint density at radius 3 is 2.47 bits per heavy atom. The van der Waals surface area contributed by atoms with E-state index in [9.17, 15) is 4.79 Å². The van der Waals surface area contributed by atoms with E-state index in [1.807, 2.05) is 71.3 Å². The van der Waals surface area contributed by atoms with Gasteiger partial charge in [-0.1, -0.05) is 55.9 Å². The van der Waals surface area contributed by atoms with Crippen molar-refractivity contribution in [2.45, 2.75) is 24.9 Å². The van der Waals surface area contributed by atoms with Crippen LogP contribution in [0.15, 0.2) is 82.6 Å². The zero-order valence-corrected chi connectivity index (χ0v) is 17.6. The van der Waals surface area contributed by atoms with Crippen LogP contribution in [0.4, 0.5) is 5.69 Å². The minimum absolute atomic E-state index is 0.0977. The van der Waals surface area contributed by atoms with E-state index in [1.54, 1.807) is 6.26 Å². The number of hydrogen-bond donors (Lipinski definition) is 1. The Hall–Kier alpha value is -3.32. The summed E-state index contributed by atoms with van der Waals surface area (Å²) in [5, 5.41) is 12.1. The molecule has 4 rings (SSSR count). The molecule has 0 atom stereocenters. The fourth-order valence-electron chi connectivity index (χ4n) is 3.02. The van der Waals surface area contributed by atoms with Crippen LogP contribution in [0.3, 0.4) is 0 Å². The Morgan fingerprint density at radius 1 is 1.03 bits per heavy atom. The van der Waals surface area contributed by atoms with Gasteiger partial charge in [-0.25, -0.2) is 0 Å². The third-order valence-corrected chi connectivity index (χ3v) is 5.51. The van der Waals surface area contributed by atoms with Crippen molar-refractivity contribution in [3.63, 3.8) is 0 Å². The van der Waals surface area contributed by atoms with Crippen LogP contribution in [0.1, 0.15) is 25.3 Å². The Morgan fingerprint density at radius 2 is 1.80 bits per heavy atom. The van der Waals surface area contributed by atoms with Crippen LogP contribution in [0.25, 0.3) is 17.3 Å². The maximum absolute atomic E-state index is 12.5. The van der Waals surface area contributed by atoms with Crippen molar-refractivity contribution in [3.05, 3.63) is 78.6 Å². The van der Waals surface area contributed by atoms with Crippen LogP contribution in [0.2, 0.25) is 0 Å². The predicted octanol–water partition coefficient (Wildman–Crippen LogP) is 5.38. The quantitative estimate of drug-likeness (QED) is 0.408. The van der Waals surface area contributed by atoms with Gasteiger partial charge in [0, 0.05) is 11.4 Å². The summed E-state index contributed by atoms with van der Waals surface area (Å²) in [6.07, 6.45) is 1.60. The number of hydrogen-bond acceptors (Lipinski definition) is 5. The lowest BCUT2D eigenvalue weighted by molar-refractivity contribution is -0.113. The highest BCUT2D eigenvalue weighted by atomic mass is 32.2. The molecule has 6 nitrogen and oxygen atoms in total. The monoisotopic (exact) mass is 418 g/mol. The summed E-state index contributed by atoms with van der Waals surface area (Å²) < 4.78 is 7.41. The van der Waals surface area contributed by atoms with Crippen molar-refractivity contribution < 1.29 is 9.21 Å². The van der Waals surface area contributed by atoms with Crippen LogP contribution < -0.4 is 5.32 Å². The first-order valence-corrected chi connectivity index (χ1v) is 10.7. The van der Waals surface area contributed by atoms with Gasteiger partial charge in [0.25, 0.3) is 0 Å². The second kappa shape index (κ2) is 9.00. The van der Waals surface area contributed by atoms with Crippen molar-refractivity contribution in [1.29, 1.82) is 0 Å². The molecule has 0 aliphatic rings. The number of thioether (sulfide) groups is 1. The summed E-state index contributed by atoms with van der Waals surface area (Å²) in [7, 11) is 0. The van der Waals surface area contributed by atoms with Gasteiger partial charge in [0.15, 0.2) is 10.9 Å². The summed E-state index contributed by atoms with van der Waals surface area (Å²) in [5.41, 5.74) is 2.93. The molecule has 0 fully saturated rings. The van der Waals surface area contributed by atoms with Crippen molar-refractivity contribution in [2.75, 3.05) is 11.1 Å². The summed E-state index contributed by atoms with van der Waals surface area (Å²) in [6.45, 7) is 4.29. The number of para-hydroxylation sites is 1. The first-order chi connectivity index (χ1) is 14.6. The van der Waals surface area contributed by atoms with E-state index < -0.39 is 0 Å². The molecule has 0 unspecified atom stereocenters. The first-order valence-electron chi connectivity index (χ1n) is 9.69. The molecular formula is C23H22N4O2S. The molecule has 1 N–H and O–H groups in total. The van der Waals surface area contributed by atoms with Crippen LogP contribution in [-0.2, 0) is 4.79 Å². The van der Waals surface area contributed by atoms with E-state index >= 15 is 0 Å². The number of carbonyl (C=O) groups excluding carboxylic acids is 1. The lowest BCUT2D eigenvalue weighted by Crippen LogP contribution is -2.14. The molecule has 0 radical (unpaired) electrons. The Kier molecular flexibility index (Phi) is 5.99. The molecule has 2 aromatic heterocycles. The number of nitrogens with zero attached hydrogens (tertiary/aromatic N) is 3. The SMILES string of the molecule is CC(C)c1ccc(NC(=O)CSc2nnc(-c3ccco3)n2-c2ccccc2)cc1. The molecule has 0 aliphatic carbocycles. The molecule has 7 heteroatoms. The average Bonchev–Trinajstić information content (AvgIpc) is 3.43. The second-order valence-corrected chi connectivity index (χ2v) is 8.01. The van der Waals surface area contributed by atoms with Crippen LogP contribution in [0.5, 0.6) is 0 Å². The van der Waals surface area contributed by atoms with E-state index in [0.717, 1.165) is 11.4 Å². The van der Waals surface area contributed by atoms with Crippen LogP contribution in [0, 0.1) is 0 Å². The molecule has 0 saturated carbocycles. The minimum Gasteiger partial charge on any atom is -0.461 e. The molecular weight excluding hydrogens is 396 g/mol. The molecule has 2 heterocycles. The van der Waals surface area contributed by atoms with E-state index in [1.165, 1.54) is 17.3 Å². The number of furan rings is 1. The fourth-order valence-corrected chi connectivity index (χ4v) is 3.77. The molecule has 0 aliphatic heterocycles. The van der Waals surface area contributed by atoms with Crippen molar-refractivity contribution in [1.82, 2.24) is 14.8 Å². The second-order valence-electron chi connectivity index (χ2n) is 7.07. The zero-order valence-electron chi connectivity index (χ0n) is 16.8. The summed E-state index contributed by atoms with van der Waals surface area (Å²) in [4.78, 5) is 12.5. The number of aromatic nitrogens is 3. The highest BCUT2D eigenvalue weighted by Gasteiger charge is 2.18. The minimum atomic E-state index is -0.0977. The highest BCUT2D eigenvalue weighted by molar-refractivity contribution is 7.99. The lowest BCUT2D eigenvalue weighted by Gasteiger charge is -2.10. The molecule has 0 bridgehead atoms. The van der Waals surface area contributed by atoms with Gasteiger partial charge in [-0.15, -0.1) is 10.2 Å². The van der Waals surface area contributed by atoms with Crippen molar-refractivity contribution >= 4 is 23.4 Å². The number of rotatable bonds is 7.